The van der Waals surface area contributed by atoms with Crippen LogP contribution in [0, 0.1) is 0 Å². The van der Waals surface area contributed by atoms with Gasteiger partial charge in [-0.2, -0.15) is 12.6 Å². The Morgan fingerprint density at radius 1 is 1.50 bits per heavy atom. The molecule has 0 aromatic heterocycles. The van der Waals surface area contributed by atoms with Gasteiger partial charge in [0.1, 0.15) is 5.75 Å². The Labute approximate surface area is 142 Å². The minimum absolute atomic E-state index is 0.0323. The summed E-state index contributed by atoms with van der Waals surface area (Å²) in [6, 6.07) is 7.61. The van der Waals surface area contributed by atoms with E-state index in [0.717, 1.165) is 6.42 Å². The second-order valence-corrected chi connectivity index (χ2v) is 6.91. The minimum Gasteiger partial charge on any atom is -0.410 e. The molecule has 0 aliphatic rings. The highest BCUT2D eigenvalue weighted by Crippen LogP contribution is 2.23. The van der Waals surface area contributed by atoms with E-state index >= 15 is 0 Å². The molecule has 1 amide bonds. The highest BCUT2D eigenvalue weighted by atomic mass is 79.9. The lowest BCUT2D eigenvalue weighted by Crippen LogP contribution is -2.39. The first kappa shape index (κ1) is 17.9. The van der Waals surface area contributed by atoms with Crippen LogP contribution in [0.4, 0.5) is 4.79 Å². The van der Waals surface area contributed by atoms with E-state index in [9.17, 15) is 4.79 Å². The van der Waals surface area contributed by atoms with Crippen molar-refractivity contribution in [3.63, 3.8) is 0 Å². The molecule has 6 heteroatoms. The summed E-state index contributed by atoms with van der Waals surface area (Å²) in [4.78, 5) is 11.8. The van der Waals surface area contributed by atoms with Crippen LogP contribution in [-0.4, -0.2) is 21.6 Å². The molecule has 0 aliphatic carbocycles. The van der Waals surface area contributed by atoms with Crippen molar-refractivity contribution in [3.05, 3.63) is 29.8 Å². The lowest BCUT2D eigenvalue weighted by molar-refractivity contribution is 0.199. The summed E-state index contributed by atoms with van der Waals surface area (Å²) in [5.41, 5.74) is 1.17. The Hall–Kier alpha value is -0.200. The smallest absolute Gasteiger partial charge is 0.410 e. The second kappa shape index (κ2) is 8.95. The van der Waals surface area contributed by atoms with Crippen molar-refractivity contribution in [3.8, 4) is 5.75 Å². The van der Waals surface area contributed by atoms with Gasteiger partial charge in [0.2, 0.25) is 0 Å². The SMILES string of the molecule is CCC(C)c1cccc(OC(=O)NC(S)C(Br)CBr)c1. The Bertz CT molecular complexity index is 445. The number of amides is 1. The predicted molar refractivity (Wildman–Crippen MR) is 93.6 cm³/mol. The van der Waals surface area contributed by atoms with Crippen LogP contribution >= 0.6 is 44.5 Å². The molecule has 0 saturated heterocycles. The van der Waals surface area contributed by atoms with Gasteiger partial charge in [0.05, 0.1) is 10.2 Å². The number of alkyl halides is 2. The quantitative estimate of drug-likeness (QED) is 0.394. The summed E-state index contributed by atoms with van der Waals surface area (Å²) in [5.74, 6) is 0.991. The zero-order chi connectivity index (χ0) is 15.1. The van der Waals surface area contributed by atoms with E-state index in [1.54, 1.807) is 6.07 Å². The molecule has 0 saturated carbocycles. The molecule has 0 aliphatic heterocycles. The van der Waals surface area contributed by atoms with Crippen molar-refractivity contribution in [1.82, 2.24) is 5.32 Å². The highest BCUT2D eigenvalue weighted by Gasteiger charge is 2.17. The standard InChI is InChI=1S/C14H19Br2NO2S/c1-3-9(2)10-5-4-6-11(7-10)19-14(18)17-13(20)12(16)8-15/h4-7,9,12-13,20H,3,8H2,1-2H3,(H,17,18). The fourth-order valence-corrected chi connectivity index (χ4v) is 2.56. The van der Waals surface area contributed by atoms with Gasteiger partial charge >= 0.3 is 6.09 Å². The molecule has 1 aromatic carbocycles. The molecular weight excluding hydrogens is 406 g/mol. The number of hydrogen-bond acceptors (Lipinski definition) is 3. The summed E-state index contributed by atoms with van der Waals surface area (Å²) in [7, 11) is 0. The number of rotatable bonds is 6. The monoisotopic (exact) mass is 423 g/mol. The average Bonchev–Trinajstić information content (AvgIpc) is 2.45. The third kappa shape index (κ3) is 5.66. The van der Waals surface area contributed by atoms with Crippen LogP contribution < -0.4 is 10.1 Å². The third-order valence-electron chi connectivity index (χ3n) is 3.01. The van der Waals surface area contributed by atoms with Crippen LogP contribution in [-0.2, 0) is 0 Å². The fourth-order valence-electron chi connectivity index (χ4n) is 1.55. The minimum atomic E-state index is -0.503. The van der Waals surface area contributed by atoms with E-state index in [1.807, 2.05) is 18.2 Å². The molecule has 20 heavy (non-hydrogen) atoms. The molecule has 3 nitrogen and oxygen atoms in total. The number of carbonyl (C=O) groups excluding carboxylic acids is 1. The number of benzene rings is 1. The van der Waals surface area contributed by atoms with E-state index in [2.05, 4.69) is 63.7 Å². The molecule has 0 radical (unpaired) electrons. The molecule has 0 bridgehead atoms. The zero-order valence-electron chi connectivity index (χ0n) is 11.5. The van der Waals surface area contributed by atoms with Crippen LogP contribution in [0.3, 0.4) is 0 Å². The normalized spacial score (nSPS) is 15.2. The molecule has 1 aromatic rings. The summed E-state index contributed by atoms with van der Waals surface area (Å²) >= 11 is 11.0. The van der Waals surface area contributed by atoms with Crippen molar-refractivity contribution in [2.45, 2.75) is 36.4 Å². The maximum absolute atomic E-state index is 11.8. The van der Waals surface area contributed by atoms with E-state index in [1.165, 1.54) is 5.56 Å². The van der Waals surface area contributed by atoms with E-state index in [4.69, 9.17) is 4.74 Å². The largest absolute Gasteiger partial charge is 0.413 e. The molecule has 3 unspecified atom stereocenters. The lowest BCUT2D eigenvalue weighted by atomic mass is 9.99. The van der Waals surface area contributed by atoms with E-state index in [0.29, 0.717) is 17.0 Å². The maximum Gasteiger partial charge on any atom is 0.413 e. The molecule has 0 spiro atoms. The molecule has 0 fully saturated rings. The predicted octanol–water partition coefficient (Wildman–Crippen LogP) is 4.70. The van der Waals surface area contributed by atoms with Crippen LogP contribution in [0.1, 0.15) is 31.7 Å². The second-order valence-electron chi connectivity index (χ2n) is 4.53. The van der Waals surface area contributed by atoms with E-state index in [-0.39, 0.29) is 10.2 Å². The number of halogens is 2. The fraction of sp³-hybridized carbons (Fsp3) is 0.500. The van der Waals surface area contributed by atoms with Crippen molar-refractivity contribution >= 4 is 50.6 Å². The number of thiol groups is 1. The van der Waals surface area contributed by atoms with Gasteiger partial charge in [0, 0.05) is 5.33 Å². The molecule has 112 valence electrons. The number of ether oxygens (including phenoxy) is 1. The van der Waals surface area contributed by atoms with Crippen molar-refractivity contribution in [2.75, 3.05) is 5.33 Å². The first-order valence-electron chi connectivity index (χ1n) is 6.44. The summed E-state index contributed by atoms with van der Waals surface area (Å²) in [6.45, 7) is 4.28. The Kier molecular flexibility index (Phi) is 7.99. The average molecular weight is 425 g/mol. The highest BCUT2D eigenvalue weighted by molar-refractivity contribution is 9.12. The first-order chi connectivity index (χ1) is 9.47. The maximum atomic E-state index is 11.8. The lowest BCUT2D eigenvalue weighted by Gasteiger charge is -2.17. The topological polar surface area (TPSA) is 38.3 Å². The van der Waals surface area contributed by atoms with Gasteiger partial charge in [0.25, 0.3) is 0 Å². The van der Waals surface area contributed by atoms with Gasteiger partial charge in [-0.25, -0.2) is 4.79 Å². The third-order valence-corrected chi connectivity index (χ3v) is 6.32. The summed E-state index contributed by atoms with van der Waals surface area (Å²) < 4.78 is 5.28. The summed E-state index contributed by atoms with van der Waals surface area (Å²) in [6.07, 6.45) is 0.543. The Morgan fingerprint density at radius 2 is 2.20 bits per heavy atom. The van der Waals surface area contributed by atoms with E-state index < -0.39 is 6.09 Å². The van der Waals surface area contributed by atoms with Crippen LogP contribution in [0.2, 0.25) is 0 Å². The number of hydrogen-bond donors (Lipinski definition) is 2. The molecule has 0 heterocycles. The van der Waals surface area contributed by atoms with Gasteiger partial charge in [-0.15, -0.1) is 0 Å². The number of nitrogens with one attached hydrogen (secondary N) is 1. The molecular formula is C14H19Br2NO2S. The number of carbonyl (C=O) groups is 1. The molecule has 3 atom stereocenters. The van der Waals surface area contributed by atoms with Gasteiger partial charge in [-0.3, -0.25) is 0 Å². The van der Waals surface area contributed by atoms with Gasteiger partial charge in [-0.05, 0) is 30.0 Å². The first-order valence-corrected chi connectivity index (χ1v) is 8.99. The van der Waals surface area contributed by atoms with Crippen LogP contribution in [0.15, 0.2) is 24.3 Å². The summed E-state index contributed by atoms with van der Waals surface area (Å²) in [5, 5.41) is 3.03. The molecule has 1 N–H and O–H groups in total. The van der Waals surface area contributed by atoms with Crippen LogP contribution in [0.5, 0.6) is 5.75 Å². The van der Waals surface area contributed by atoms with Gasteiger partial charge < -0.3 is 10.1 Å². The molecule has 1 rings (SSSR count). The van der Waals surface area contributed by atoms with Crippen molar-refractivity contribution in [2.24, 2.45) is 0 Å². The Balaban J connectivity index is 2.62. The van der Waals surface area contributed by atoms with Crippen molar-refractivity contribution in [1.29, 1.82) is 0 Å². The van der Waals surface area contributed by atoms with Crippen molar-refractivity contribution < 1.29 is 9.53 Å². The van der Waals surface area contributed by atoms with Gasteiger partial charge in [-0.1, -0.05) is 57.8 Å². The van der Waals surface area contributed by atoms with Gasteiger partial charge in [0.15, 0.2) is 0 Å². The zero-order valence-corrected chi connectivity index (χ0v) is 15.5. The van der Waals surface area contributed by atoms with Crippen LogP contribution in [0.25, 0.3) is 0 Å². The Morgan fingerprint density at radius 3 is 2.80 bits per heavy atom.